The highest BCUT2D eigenvalue weighted by molar-refractivity contribution is 9.11. The average Bonchev–Trinajstić information content (AvgIpc) is 2.25. The van der Waals surface area contributed by atoms with Crippen LogP contribution in [0.2, 0.25) is 0 Å². The molecule has 0 aromatic carbocycles. The molecule has 16 heavy (non-hydrogen) atoms. The fraction of sp³-hybridized carbons (Fsp3) is 0.583. The standard InChI is InChI=1S/C12H16Br2N2/c1-8-2-4-10(5-3-8)16-12-11(14)6-9(13)7-15-12/h6-8,10H,2-5H2,1H3,(H,15,16). The summed E-state index contributed by atoms with van der Waals surface area (Å²) in [5.74, 6) is 1.85. The summed E-state index contributed by atoms with van der Waals surface area (Å²) >= 11 is 6.94. The first-order chi connectivity index (χ1) is 7.65. The Morgan fingerprint density at radius 3 is 2.56 bits per heavy atom. The number of aromatic nitrogens is 1. The molecule has 1 aromatic heterocycles. The summed E-state index contributed by atoms with van der Waals surface area (Å²) in [6, 6.07) is 2.61. The maximum atomic E-state index is 4.39. The minimum atomic E-state index is 0.584. The molecular formula is C12H16Br2N2. The molecule has 0 amide bonds. The van der Waals surface area contributed by atoms with Crippen LogP contribution in [0, 0.1) is 5.92 Å². The normalized spacial score (nSPS) is 25.4. The molecule has 0 saturated heterocycles. The highest BCUT2D eigenvalue weighted by atomic mass is 79.9. The molecule has 2 nitrogen and oxygen atoms in total. The van der Waals surface area contributed by atoms with E-state index in [-0.39, 0.29) is 0 Å². The summed E-state index contributed by atoms with van der Waals surface area (Å²) in [5, 5.41) is 3.52. The van der Waals surface area contributed by atoms with Gasteiger partial charge in [0.05, 0.1) is 4.47 Å². The smallest absolute Gasteiger partial charge is 0.140 e. The SMILES string of the molecule is CC1CCC(Nc2ncc(Br)cc2Br)CC1. The third-order valence-electron chi connectivity index (χ3n) is 3.16. The molecule has 0 aliphatic heterocycles. The highest BCUT2D eigenvalue weighted by Gasteiger charge is 2.18. The summed E-state index contributed by atoms with van der Waals surface area (Å²) in [5.41, 5.74) is 0. The fourth-order valence-corrected chi connectivity index (χ4v) is 3.22. The molecule has 0 spiro atoms. The van der Waals surface area contributed by atoms with Gasteiger partial charge >= 0.3 is 0 Å². The topological polar surface area (TPSA) is 24.9 Å². The van der Waals surface area contributed by atoms with E-state index in [4.69, 9.17) is 0 Å². The third-order valence-corrected chi connectivity index (χ3v) is 4.20. The van der Waals surface area contributed by atoms with Gasteiger partial charge in [-0.1, -0.05) is 6.92 Å². The molecule has 1 aromatic rings. The summed E-state index contributed by atoms with van der Waals surface area (Å²) in [4.78, 5) is 4.39. The van der Waals surface area contributed by atoms with Gasteiger partial charge in [-0.15, -0.1) is 0 Å². The molecule has 1 heterocycles. The Morgan fingerprint density at radius 2 is 1.94 bits per heavy atom. The highest BCUT2D eigenvalue weighted by Crippen LogP contribution is 2.29. The monoisotopic (exact) mass is 346 g/mol. The van der Waals surface area contributed by atoms with Gasteiger partial charge in [0.25, 0.3) is 0 Å². The zero-order valence-corrected chi connectivity index (χ0v) is 12.5. The molecule has 2 rings (SSSR count). The fourth-order valence-electron chi connectivity index (χ4n) is 2.12. The predicted octanol–water partition coefficient (Wildman–Crippen LogP) is 4.60. The first-order valence-corrected chi connectivity index (χ1v) is 7.31. The van der Waals surface area contributed by atoms with E-state index < -0.39 is 0 Å². The average molecular weight is 348 g/mol. The Kier molecular flexibility index (Phi) is 4.25. The first kappa shape index (κ1) is 12.4. The van der Waals surface area contributed by atoms with Gasteiger partial charge in [0.2, 0.25) is 0 Å². The van der Waals surface area contributed by atoms with E-state index in [1.54, 1.807) is 0 Å². The van der Waals surface area contributed by atoms with Crippen molar-refractivity contribution in [2.45, 2.75) is 38.6 Å². The van der Waals surface area contributed by atoms with E-state index >= 15 is 0 Å². The first-order valence-electron chi connectivity index (χ1n) is 5.72. The van der Waals surface area contributed by atoms with E-state index in [0.717, 1.165) is 20.7 Å². The number of hydrogen-bond donors (Lipinski definition) is 1. The summed E-state index contributed by atoms with van der Waals surface area (Å²) in [6.07, 6.45) is 6.99. The van der Waals surface area contributed by atoms with Crippen LogP contribution >= 0.6 is 31.9 Å². The molecule has 0 unspecified atom stereocenters. The second kappa shape index (κ2) is 5.50. The second-order valence-corrected chi connectivity index (χ2v) is 6.36. The molecule has 1 aliphatic rings. The zero-order valence-electron chi connectivity index (χ0n) is 9.34. The van der Waals surface area contributed by atoms with E-state index in [1.165, 1.54) is 25.7 Å². The van der Waals surface area contributed by atoms with E-state index in [9.17, 15) is 0 Å². The lowest BCUT2D eigenvalue weighted by Crippen LogP contribution is -2.25. The Balaban J connectivity index is 1.98. The molecular weight excluding hydrogens is 332 g/mol. The van der Waals surface area contributed by atoms with Crippen LogP contribution in [-0.2, 0) is 0 Å². The number of pyridine rings is 1. The quantitative estimate of drug-likeness (QED) is 0.845. The van der Waals surface area contributed by atoms with Crippen LogP contribution in [0.1, 0.15) is 32.6 Å². The predicted molar refractivity (Wildman–Crippen MR) is 74.7 cm³/mol. The summed E-state index contributed by atoms with van der Waals surface area (Å²) < 4.78 is 2.03. The van der Waals surface area contributed by atoms with Gasteiger partial charge in [0.1, 0.15) is 5.82 Å². The van der Waals surface area contributed by atoms with Gasteiger partial charge in [-0.2, -0.15) is 0 Å². The van der Waals surface area contributed by atoms with Crippen LogP contribution in [0.3, 0.4) is 0 Å². The van der Waals surface area contributed by atoms with Gasteiger partial charge < -0.3 is 5.32 Å². The van der Waals surface area contributed by atoms with Crippen LogP contribution in [0.5, 0.6) is 0 Å². The lowest BCUT2D eigenvalue weighted by molar-refractivity contribution is 0.360. The van der Waals surface area contributed by atoms with Gasteiger partial charge in [-0.25, -0.2) is 4.98 Å². The van der Waals surface area contributed by atoms with E-state index in [1.807, 2.05) is 12.3 Å². The third kappa shape index (κ3) is 3.20. The zero-order chi connectivity index (χ0) is 11.5. The van der Waals surface area contributed by atoms with Gasteiger partial charge in [0.15, 0.2) is 0 Å². The van der Waals surface area contributed by atoms with Crippen molar-refractivity contribution < 1.29 is 0 Å². The van der Waals surface area contributed by atoms with Crippen LogP contribution in [0.4, 0.5) is 5.82 Å². The van der Waals surface area contributed by atoms with Crippen LogP contribution in [-0.4, -0.2) is 11.0 Å². The number of nitrogens with zero attached hydrogens (tertiary/aromatic N) is 1. The second-order valence-electron chi connectivity index (χ2n) is 4.59. The van der Waals surface area contributed by atoms with Gasteiger partial charge in [-0.3, -0.25) is 0 Å². The number of hydrogen-bond acceptors (Lipinski definition) is 2. The van der Waals surface area contributed by atoms with Crippen LogP contribution < -0.4 is 5.32 Å². The minimum Gasteiger partial charge on any atom is -0.366 e. The minimum absolute atomic E-state index is 0.584. The van der Waals surface area contributed by atoms with Gasteiger partial charge in [-0.05, 0) is 69.5 Å². The van der Waals surface area contributed by atoms with Crippen molar-refractivity contribution in [2.24, 2.45) is 5.92 Å². The van der Waals surface area contributed by atoms with Gasteiger partial charge in [0, 0.05) is 16.7 Å². The van der Waals surface area contributed by atoms with Crippen molar-refractivity contribution in [1.82, 2.24) is 4.98 Å². The molecule has 0 atom stereocenters. The Morgan fingerprint density at radius 1 is 1.25 bits per heavy atom. The summed E-state index contributed by atoms with van der Waals surface area (Å²) in [6.45, 7) is 2.34. The Hall–Kier alpha value is -0.0900. The van der Waals surface area contributed by atoms with Crippen LogP contribution in [0.15, 0.2) is 21.2 Å². The Bertz CT molecular complexity index is 360. The largest absolute Gasteiger partial charge is 0.366 e. The van der Waals surface area contributed by atoms with E-state index in [0.29, 0.717) is 6.04 Å². The van der Waals surface area contributed by atoms with Crippen LogP contribution in [0.25, 0.3) is 0 Å². The van der Waals surface area contributed by atoms with Crippen molar-refractivity contribution in [3.05, 3.63) is 21.2 Å². The van der Waals surface area contributed by atoms with E-state index in [2.05, 4.69) is 49.1 Å². The molecule has 4 heteroatoms. The lowest BCUT2D eigenvalue weighted by Gasteiger charge is -2.27. The van der Waals surface area contributed by atoms with Crippen molar-refractivity contribution in [1.29, 1.82) is 0 Å². The molecule has 0 bridgehead atoms. The van der Waals surface area contributed by atoms with Crippen molar-refractivity contribution in [3.63, 3.8) is 0 Å². The molecule has 0 radical (unpaired) electrons. The molecule has 1 fully saturated rings. The summed E-state index contributed by atoms with van der Waals surface area (Å²) in [7, 11) is 0. The molecule has 1 N–H and O–H groups in total. The molecule has 1 aliphatic carbocycles. The number of anilines is 1. The Labute approximate surface area is 113 Å². The molecule has 1 saturated carbocycles. The van der Waals surface area contributed by atoms with Crippen molar-refractivity contribution in [2.75, 3.05) is 5.32 Å². The number of rotatable bonds is 2. The lowest BCUT2D eigenvalue weighted by atomic mass is 9.87. The number of nitrogens with one attached hydrogen (secondary N) is 1. The van der Waals surface area contributed by atoms with Crippen molar-refractivity contribution in [3.8, 4) is 0 Å². The maximum absolute atomic E-state index is 4.39. The van der Waals surface area contributed by atoms with Crippen molar-refractivity contribution >= 4 is 37.7 Å². The number of halogens is 2. The maximum Gasteiger partial charge on any atom is 0.140 e. The molecule has 88 valence electrons.